The van der Waals surface area contributed by atoms with Crippen molar-refractivity contribution >= 4 is 50.6 Å². The third kappa shape index (κ3) is 4.97. The van der Waals surface area contributed by atoms with Gasteiger partial charge in [-0.05, 0) is 46.5 Å². The van der Waals surface area contributed by atoms with Gasteiger partial charge in [-0.25, -0.2) is 9.97 Å². The van der Waals surface area contributed by atoms with Crippen LogP contribution in [-0.2, 0) is 4.57 Å². The number of nitrogens with zero attached hydrogens (tertiary/aromatic N) is 3. The second kappa shape index (κ2) is 11.9. The van der Waals surface area contributed by atoms with Gasteiger partial charge in [-0.2, -0.15) is 0 Å². The normalized spacial score (nSPS) is 11.8. The quantitative estimate of drug-likeness (QED) is 0.169. The van der Waals surface area contributed by atoms with Gasteiger partial charge >= 0.3 is 0 Å². The number of rotatable bonds is 6. The van der Waals surface area contributed by atoms with E-state index in [1.165, 1.54) is 0 Å². The van der Waals surface area contributed by atoms with Gasteiger partial charge in [0.2, 0.25) is 0 Å². The lowest BCUT2D eigenvalue weighted by atomic mass is 10.0. The molecule has 0 spiro atoms. The summed E-state index contributed by atoms with van der Waals surface area (Å²) < 4.78 is 17.0. The number of imidazole rings is 1. The molecule has 0 unspecified atom stereocenters. The zero-order valence-corrected chi connectivity index (χ0v) is 27.4. The fraction of sp³-hybridized carbons (Fsp3) is 0. The van der Waals surface area contributed by atoms with Crippen LogP contribution < -0.4 is 15.9 Å². The lowest BCUT2D eigenvalue weighted by Crippen LogP contribution is -2.24. The predicted molar refractivity (Wildman–Crippen MR) is 204 cm³/mol. The molecule has 0 atom stereocenters. The summed E-state index contributed by atoms with van der Waals surface area (Å²) in [7, 11) is -3.03. The highest BCUT2D eigenvalue weighted by Gasteiger charge is 2.29. The minimum Gasteiger partial charge on any atom is -0.309 e. The van der Waals surface area contributed by atoms with Crippen molar-refractivity contribution < 1.29 is 4.57 Å². The third-order valence-electron chi connectivity index (χ3n) is 9.29. The van der Waals surface area contributed by atoms with Crippen molar-refractivity contribution in [3.05, 3.63) is 182 Å². The molecule has 2 aromatic heterocycles. The second-order valence-electron chi connectivity index (χ2n) is 12.2. The summed E-state index contributed by atoms with van der Waals surface area (Å²) in [5.74, 6) is 0.845. The maximum absolute atomic E-state index is 14.8. The molecule has 5 heteroatoms. The first-order valence-corrected chi connectivity index (χ1v) is 18.1. The molecule has 9 aromatic rings. The van der Waals surface area contributed by atoms with Crippen molar-refractivity contribution in [1.82, 2.24) is 14.4 Å². The zero-order chi connectivity index (χ0) is 32.8. The maximum Gasteiger partial charge on any atom is 0.171 e. The van der Waals surface area contributed by atoms with E-state index in [-0.39, 0.29) is 0 Å². The maximum atomic E-state index is 14.8. The van der Waals surface area contributed by atoms with E-state index < -0.39 is 7.14 Å². The van der Waals surface area contributed by atoms with Crippen LogP contribution in [0.3, 0.4) is 0 Å². The lowest BCUT2D eigenvalue weighted by molar-refractivity contribution is 0.592. The van der Waals surface area contributed by atoms with Gasteiger partial charge in [-0.3, -0.25) is 4.40 Å². The van der Waals surface area contributed by atoms with Crippen LogP contribution in [0.5, 0.6) is 0 Å². The minimum atomic E-state index is -3.03. The Morgan fingerprint density at radius 2 is 0.898 bits per heavy atom. The van der Waals surface area contributed by atoms with Crippen molar-refractivity contribution in [1.29, 1.82) is 0 Å². The number of fused-ring (bicyclic) bond motifs is 5. The number of benzene rings is 7. The van der Waals surface area contributed by atoms with Gasteiger partial charge in [0.05, 0.1) is 16.6 Å². The largest absolute Gasteiger partial charge is 0.309 e. The molecule has 0 fully saturated rings. The molecule has 0 aliphatic heterocycles. The Morgan fingerprint density at radius 1 is 0.408 bits per heavy atom. The highest BCUT2D eigenvalue weighted by atomic mass is 31.2. The van der Waals surface area contributed by atoms with Crippen molar-refractivity contribution in [2.75, 3.05) is 0 Å². The summed E-state index contributed by atoms with van der Waals surface area (Å²) in [6.07, 6.45) is 0. The SMILES string of the molecule is O=P(c1ccccc1)(c1ccccc1)c1ccc(-c2ccc(-c3nc4ccc(-c5ccccc5)cc4c4nc5ccccc5n34)cc2)cc1. The van der Waals surface area contributed by atoms with E-state index >= 15 is 0 Å². The van der Waals surface area contributed by atoms with Gasteiger partial charge in [-0.1, -0.05) is 158 Å². The molecule has 0 radical (unpaired) electrons. The van der Waals surface area contributed by atoms with Gasteiger partial charge in [-0.15, -0.1) is 0 Å². The first kappa shape index (κ1) is 29.1. The van der Waals surface area contributed by atoms with Crippen LogP contribution in [0.25, 0.3) is 61.2 Å². The summed E-state index contributed by atoms with van der Waals surface area (Å²) in [5, 5.41) is 3.49. The van der Waals surface area contributed by atoms with Gasteiger partial charge in [0, 0.05) is 26.9 Å². The van der Waals surface area contributed by atoms with E-state index in [0.717, 1.165) is 77.1 Å². The molecule has 9 rings (SSSR count). The van der Waals surface area contributed by atoms with Crippen LogP contribution >= 0.6 is 7.14 Å². The molecule has 4 nitrogen and oxygen atoms in total. The Hall–Kier alpha value is -6.09. The van der Waals surface area contributed by atoms with E-state index in [4.69, 9.17) is 9.97 Å². The average molecular weight is 648 g/mol. The topological polar surface area (TPSA) is 47.3 Å². The second-order valence-corrected chi connectivity index (χ2v) is 15.0. The predicted octanol–water partition coefficient (Wildman–Crippen LogP) is 9.68. The molecule has 0 saturated carbocycles. The summed E-state index contributed by atoms with van der Waals surface area (Å²) in [4.78, 5) is 10.3. The zero-order valence-electron chi connectivity index (χ0n) is 26.5. The van der Waals surface area contributed by atoms with Crippen LogP contribution in [-0.4, -0.2) is 14.4 Å². The Labute approximate surface area is 284 Å². The molecule has 7 aromatic carbocycles. The first-order valence-electron chi connectivity index (χ1n) is 16.4. The smallest absolute Gasteiger partial charge is 0.171 e. The Bertz CT molecular complexity index is 2610. The van der Waals surface area contributed by atoms with Gasteiger partial charge < -0.3 is 4.57 Å². The highest BCUT2D eigenvalue weighted by molar-refractivity contribution is 7.85. The molecule has 232 valence electrons. The van der Waals surface area contributed by atoms with Crippen molar-refractivity contribution in [2.24, 2.45) is 0 Å². The molecular formula is C44H30N3OP. The summed E-state index contributed by atoms with van der Waals surface area (Å²) in [5.41, 5.74) is 9.17. The van der Waals surface area contributed by atoms with Crippen LogP contribution in [0.4, 0.5) is 0 Å². The molecular weight excluding hydrogens is 617 g/mol. The number of hydrogen-bond acceptors (Lipinski definition) is 3. The number of para-hydroxylation sites is 2. The highest BCUT2D eigenvalue weighted by Crippen LogP contribution is 2.42. The van der Waals surface area contributed by atoms with Crippen LogP contribution in [0.2, 0.25) is 0 Å². The Kier molecular flexibility index (Phi) is 7.04. The average Bonchev–Trinajstić information content (AvgIpc) is 3.58. The minimum absolute atomic E-state index is 0.815. The molecule has 0 aliphatic carbocycles. The van der Waals surface area contributed by atoms with E-state index in [0.29, 0.717) is 0 Å². The van der Waals surface area contributed by atoms with Gasteiger partial charge in [0.15, 0.2) is 7.14 Å². The Balaban J connectivity index is 1.12. The van der Waals surface area contributed by atoms with Crippen molar-refractivity contribution in [3.63, 3.8) is 0 Å². The molecule has 0 bridgehead atoms. The van der Waals surface area contributed by atoms with Crippen LogP contribution in [0.1, 0.15) is 0 Å². The molecule has 49 heavy (non-hydrogen) atoms. The van der Waals surface area contributed by atoms with Gasteiger partial charge in [0.25, 0.3) is 0 Å². The third-order valence-corrected chi connectivity index (χ3v) is 12.4. The van der Waals surface area contributed by atoms with E-state index in [2.05, 4.69) is 95.4 Å². The van der Waals surface area contributed by atoms with E-state index in [1.54, 1.807) is 0 Å². The summed E-state index contributed by atoms with van der Waals surface area (Å²) in [6.45, 7) is 0. The molecule has 2 heterocycles. The lowest BCUT2D eigenvalue weighted by Gasteiger charge is -2.20. The first-order chi connectivity index (χ1) is 24.2. The van der Waals surface area contributed by atoms with Crippen molar-refractivity contribution in [2.45, 2.75) is 0 Å². The fourth-order valence-electron chi connectivity index (χ4n) is 6.80. The Morgan fingerprint density at radius 3 is 1.55 bits per heavy atom. The molecule has 0 aliphatic rings. The van der Waals surface area contributed by atoms with E-state index in [1.807, 2.05) is 91.0 Å². The monoisotopic (exact) mass is 647 g/mol. The summed E-state index contributed by atoms with van der Waals surface area (Å²) >= 11 is 0. The number of hydrogen-bond donors (Lipinski definition) is 0. The van der Waals surface area contributed by atoms with Crippen LogP contribution in [0, 0.1) is 0 Å². The molecule has 0 saturated heterocycles. The fourth-order valence-corrected chi connectivity index (χ4v) is 9.45. The molecule has 0 N–H and O–H groups in total. The van der Waals surface area contributed by atoms with Gasteiger partial charge in [0.1, 0.15) is 11.5 Å². The van der Waals surface area contributed by atoms with Crippen molar-refractivity contribution in [3.8, 4) is 33.6 Å². The standard InChI is InChI=1S/C44H30N3OP/c48-49(36-14-6-2-7-15-36,37-16-8-3-9-17-37)38-27-24-33(25-28-38)32-20-22-34(23-21-32)43-45-40-29-26-35(31-12-4-1-5-13-31)30-39(40)44-46-41-18-10-11-19-42(41)47(43)44/h1-30H. The van der Waals surface area contributed by atoms with Crippen LogP contribution in [0.15, 0.2) is 182 Å². The summed E-state index contributed by atoms with van der Waals surface area (Å²) in [6, 6.07) is 61.3. The number of aromatic nitrogens is 3. The molecule has 0 amide bonds. The van der Waals surface area contributed by atoms with E-state index in [9.17, 15) is 4.57 Å².